The van der Waals surface area contributed by atoms with Crippen LogP contribution in [0.5, 0.6) is 0 Å². The van der Waals surface area contributed by atoms with Gasteiger partial charge in [0.05, 0.1) is 28.2 Å². The summed E-state index contributed by atoms with van der Waals surface area (Å²) in [5.74, 6) is -1.62. The summed E-state index contributed by atoms with van der Waals surface area (Å²) in [5.41, 5.74) is 1.11. The van der Waals surface area contributed by atoms with Crippen molar-refractivity contribution in [1.29, 1.82) is 0 Å². The fourth-order valence-corrected chi connectivity index (χ4v) is 4.66. The molecule has 37 heavy (non-hydrogen) atoms. The first kappa shape index (κ1) is 27.9. The van der Waals surface area contributed by atoms with Crippen LogP contribution in [0.3, 0.4) is 0 Å². The largest absolute Gasteiger partial charge is 1.00 e. The third-order valence-corrected chi connectivity index (χ3v) is 6.70. The second-order valence-corrected chi connectivity index (χ2v) is 9.37. The number of aromatic nitrogens is 1. The minimum atomic E-state index is -4.41. The molecule has 1 saturated carbocycles. The van der Waals surface area contributed by atoms with Crippen molar-refractivity contribution in [3.63, 3.8) is 0 Å². The van der Waals surface area contributed by atoms with Crippen molar-refractivity contribution in [3.05, 3.63) is 106 Å². The molecule has 3 aromatic carbocycles. The fourth-order valence-electron chi connectivity index (χ4n) is 4.43. The number of nitrogens with one attached hydrogen (secondary N) is 1. The Morgan fingerprint density at radius 2 is 1.65 bits per heavy atom. The van der Waals surface area contributed by atoms with Crippen molar-refractivity contribution in [2.24, 2.45) is 0 Å². The first-order valence-corrected chi connectivity index (χ1v) is 11.5. The Bertz CT molecular complexity index is 1480. The van der Waals surface area contributed by atoms with Gasteiger partial charge in [-0.3, -0.25) is 4.79 Å². The number of hydrogen-bond acceptors (Lipinski definition) is 3. The third-order valence-electron chi connectivity index (χ3n) is 6.48. The van der Waals surface area contributed by atoms with Gasteiger partial charge in [0, 0.05) is 23.2 Å². The maximum atomic E-state index is 13.5. The van der Waals surface area contributed by atoms with Gasteiger partial charge >= 0.3 is 57.6 Å². The number of amides is 1. The van der Waals surface area contributed by atoms with Gasteiger partial charge in [-0.1, -0.05) is 48.0 Å². The molecule has 0 unspecified atom stereocenters. The molecule has 1 aliphatic rings. The van der Waals surface area contributed by atoms with E-state index < -0.39 is 23.2 Å². The van der Waals surface area contributed by atoms with Crippen molar-refractivity contribution >= 4 is 34.4 Å². The molecule has 184 valence electrons. The topological polar surface area (TPSA) is 74.2 Å². The second kappa shape index (κ2) is 10.6. The molecular weight excluding hydrogens is 532 g/mol. The molecular formula is C27H19ClF3KN2O3. The molecule has 1 heterocycles. The Hall–Kier alpha value is -2.14. The smallest absolute Gasteiger partial charge is 0.545 e. The summed E-state index contributed by atoms with van der Waals surface area (Å²) in [6, 6.07) is 16.2. The number of fused-ring (bicyclic) bond motifs is 1. The molecule has 5 nitrogen and oxygen atoms in total. The number of halogens is 4. The number of carboxylic acid groups (broad SMARTS) is 1. The number of carbonyl (C=O) groups is 2. The van der Waals surface area contributed by atoms with Crippen LogP contribution >= 0.6 is 11.6 Å². The Morgan fingerprint density at radius 3 is 2.22 bits per heavy atom. The zero-order chi connectivity index (χ0) is 25.7. The minimum absolute atomic E-state index is 0. The van der Waals surface area contributed by atoms with Crippen molar-refractivity contribution in [1.82, 2.24) is 9.88 Å². The third kappa shape index (κ3) is 5.82. The van der Waals surface area contributed by atoms with Crippen LogP contribution in [0.4, 0.5) is 13.2 Å². The molecule has 10 heteroatoms. The second-order valence-electron chi connectivity index (χ2n) is 8.93. The van der Waals surface area contributed by atoms with Gasteiger partial charge < -0.3 is 19.8 Å². The summed E-state index contributed by atoms with van der Waals surface area (Å²) in [6.07, 6.45) is -1.26. The summed E-state index contributed by atoms with van der Waals surface area (Å²) in [6.45, 7) is 0.263. The summed E-state index contributed by atoms with van der Waals surface area (Å²) in [7, 11) is 0. The standard InChI is InChI=1S/C27H20ClF3N2O3.K/c28-21-13-18-9-12-33(15-16-1-5-20(6-2-16)27(29,30)31)23(18)22(14-21)24(34)32-26(10-11-26)19-7-3-17(4-8-19)25(35)36;/h1-9,12-14H,10-11,15H2,(H,32,34)(H,35,36);/q;+1/p-1. The maximum Gasteiger partial charge on any atom is 1.00 e. The van der Waals surface area contributed by atoms with Crippen LogP contribution in [0.15, 0.2) is 72.9 Å². The predicted octanol–water partition coefficient (Wildman–Crippen LogP) is 2.15. The monoisotopic (exact) mass is 550 g/mol. The van der Waals surface area contributed by atoms with Crippen LogP contribution in [0.25, 0.3) is 10.9 Å². The van der Waals surface area contributed by atoms with Crippen LogP contribution < -0.4 is 61.8 Å². The first-order chi connectivity index (χ1) is 17.1. The molecule has 5 rings (SSSR count). The van der Waals surface area contributed by atoms with Gasteiger partial charge in [0.15, 0.2) is 0 Å². The van der Waals surface area contributed by atoms with E-state index in [1.807, 2.05) is 0 Å². The number of carbonyl (C=O) groups excluding carboxylic acids is 2. The molecule has 1 aliphatic carbocycles. The Kier molecular flexibility index (Phi) is 7.95. The number of aromatic carboxylic acids is 1. The number of nitrogens with zero attached hydrogens (tertiary/aromatic N) is 1. The van der Waals surface area contributed by atoms with Gasteiger partial charge in [-0.25, -0.2) is 0 Å². The van der Waals surface area contributed by atoms with Crippen LogP contribution in [0.1, 0.15) is 50.2 Å². The molecule has 0 atom stereocenters. The minimum Gasteiger partial charge on any atom is -0.545 e. The molecule has 1 amide bonds. The molecule has 4 aromatic rings. The normalized spacial score (nSPS) is 14.2. The van der Waals surface area contributed by atoms with Crippen LogP contribution in [0, 0.1) is 0 Å². The molecule has 0 saturated heterocycles. The SMILES string of the molecule is O=C([O-])c1ccc(C2(NC(=O)c3cc(Cl)cc4ccn(Cc5ccc(C(F)(F)F)cc5)c34)CC2)cc1.[K+]. The Labute approximate surface area is 258 Å². The zero-order valence-corrected chi connectivity index (χ0v) is 23.6. The van der Waals surface area contributed by atoms with Crippen molar-refractivity contribution < 1.29 is 79.3 Å². The number of benzene rings is 3. The van der Waals surface area contributed by atoms with Crippen LogP contribution in [-0.4, -0.2) is 16.4 Å². The van der Waals surface area contributed by atoms with E-state index in [4.69, 9.17) is 11.6 Å². The number of rotatable bonds is 6. The average molecular weight is 551 g/mol. The van der Waals surface area contributed by atoms with E-state index in [0.717, 1.165) is 23.1 Å². The number of hydrogen-bond donors (Lipinski definition) is 1. The van der Waals surface area contributed by atoms with Gasteiger partial charge in [-0.2, -0.15) is 13.2 Å². The van der Waals surface area contributed by atoms with Crippen molar-refractivity contribution in [3.8, 4) is 0 Å². The Morgan fingerprint density at radius 1 is 1.00 bits per heavy atom. The van der Waals surface area contributed by atoms with Crippen molar-refractivity contribution in [2.75, 3.05) is 0 Å². The summed E-state index contributed by atoms with van der Waals surface area (Å²) in [5, 5.41) is 15.2. The quantitative estimate of drug-likeness (QED) is 0.374. The van der Waals surface area contributed by atoms with E-state index >= 15 is 0 Å². The number of alkyl halides is 3. The van der Waals surface area contributed by atoms with Crippen molar-refractivity contribution in [2.45, 2.75) is 31.1 Å². The molecule has 1 N–H and O–H groups in total. The summed E-state index contributed by atoms with van der Waals surface area (Å²) < 4.78 is 40.5. The van der Waals surface area contributed by atoms with E-state index in [9.17, 15) is 27.9 Å². The van der Waals surface area contributed by atoms with Gasteiger partial charge in [0.25, 0.3) is 5.91 Å². The van der Waals surface area contributed by atoms with E-state index in [1.165, 1.54) is 24.3 Å². The molecule has 1 aromatic heterocycles. The molecule has 0 bridgehead atoms. The van der Waals surface area contributed by atoms with E-state index in [1.54, 1.807) is 41.1 Å². The first-order valence-electron chi connectivity index (χ1n) is 11.1. The Balaban J connectivity index is 0.00000320. The van der Waals surface area contributed by atoms with Gasteiger partial charge in [-0.15, -0.1) is 0 Å². The summed E-state index contributed by atoms with van der Waals surface area (Å²) >= 11 is 6.29. The van der Waals surface area contributed by atoms with E-state index in [2.05, 4.69) is 5.32 Å². The van der Waals surface area contributed by atoms with Gasteiger partial charge in [0.2, 0.25) is 0 Å². The van der Waals surface area contributed by atoms with E-state index in [-0.39, 0.29) is 69.4 Å². The van der Waals surface area contributed by atoms with E-state index in [0.29, 0.717) is 34.5 Å². The van der Waals surface area contributed by atoms with Crippen LogP contribution in [0.2, 0.25) is 5.02 Å². The van der Waals surface area contributed by atoms with Gasteiger partial charge in [-0.05, 0) is 59.9 Å². The van der Waals surface area contributed by atoms with Crippen LogP contribution in [-0.2, 0) is 18.3 Å². The number of carboxylic acids is 1. The molecule has 1 fully saturated rings. The zero-order valence-electron chi connectivity index (χ0n) is 19.7. The molecule has 0 radical (unpaired) electrons. The maximum absolute atomic E-state index is 13.5. The average Bonchev–Trinajstić information content (AvgIpc) is 3.51. The molecule has 0 spiro atoms. The molecule has 0 aliphatic heterocycles. The summed E-state index contributed by atoms with van der Waals surface area (Å²) in [4.78, 5) is 24.5. The van der Waals surface area contributed by atoms with Gasteiger partial charge in [0.1, 0.15) is 0 Å². The predicted molar refractivity (Wildman–Crippen MR) is 127 cm³/mol. The fraction of sp³-hybridized carbons (Fsp3) is 0.185.